The fraction of sp³-hybridized carbons (Fsp3) is 0.0769. The molecule has 0 spiro atoms. The van der Waals surface area contributed by atoms with Gasteiger partial charge in [0.05, 0.1) is 28.8 Å². The van der Waals surface area contributed by atoms with E-state index in [1.54, 1.807) is 0 Å². The number of carbonyl (C=O) groups is 1. The second-order valence-corrected chi connectivity index (χ2v) is 4.13. The molecular weight excluding hydrogens is 287 g/mol. The summed E-state index contributed by atoms with van der Waals surface area (Å²) in [5.74, 6) is -1.19. The first kappa shape index (κ1) is 14.6. The first-order valence-electron chi connectivity index (χ1n) is 5.71. The van der Waals surface area contributed by atoms with E-state index < -0.39 is 17.8 Å². The molecule has 0 bridgehead atoms. The Kier molecular flexibility index (Phi) is 3.70. The quantitative estimate of drug-likeness (QED) is 0.757. The third-order valence-corrected chi connectivity index (χ3v) is 2.67. The van der Waals surface area contributed by atoms with E-state index in [0.717, 1.165) is 12.3 Å². The molecule has 0 fully saturated rings. The Morgan fingerprint density at radius 2 is 1.95 bits per heavy atom. The van der Waals surface area contributed by atoms with Crippen LogP contribution in [0.3, 0.4) is 0 Å². The van der Waals surface area contributed by atoms with Crippen LogP contribution in [0, 0.1) is 0 Å². The van der Waals surface area contributed by atoms with Gasteiger partial charge < -0.3 is 16.2 Å². The van der Waals surface area contributed by atoms with Gasteiger partial charge in [-0.25, -0.2) is 9.78 Å². The smallest absolute Gasteiger partial charge is 0.433 e. The van der Waals surface area contributed by atoms with E-state index in [9.17, 15) is 18.0 Å². The lowest BCUT2D eigenvalue weighted by Crippen LogP contribution is -2.08. The third-order valence-electron chi connectivity index (χ3n) is 2.67. The van der Waals surface area contributed by atoms with Crippen LogP contribution in [0.2, 0.25) is 0 Å². The highest BCUT2D eigenvalue weighted by atomic mass is 19.4. The number of aromatic carboxylic acids is 1. The number of nitrogens with one attached hydrogen (secondary N) is 1. The van der Waals surface area contributed by atoms with Gasteiger partial charge in [-0.15, -0.1) is 0 Å². The van der Waals surface area contributed by atoms with Gasteiger partial charge in [0.25, 0.3) is 0 Å². The van der Waals surface area contributed by atoms with Gasteiger partial charge in [-0.05, 0) is 24.3 Å². The minimum atomic E-state index is -4.51. The number of aromatic nitrogens is 1. The lowest BCUT2D eigenvalue weighted by molar-refractivity contribution is -0.141. The number of rotatable bonds is 3. The monoisotopic (exact) mass is 297 g/mol. The number of nitrogens with zero attached hydrogens (tertiary/aromatic N) is 1. The van der Waals surface area contributed by atoms with Gasteiger partial charge >= 0.3 is 12.1 Å². The van der Waals surface area contributed by atoms with Crippen molar-refractivity contribution in [2.45, 2.75) is 6.18 Å². The van der Waals surface area contributed by atoms with Crippen LogP contribution in [0.4, 0.5) is 30.2 Å². The highest BCUT2D eigenvalue weighted by Crippen LogP contribution is 2.30. The molecular formula is C13H10F3N3O2. The summed E-state index contributed by atoms with van der Waals surface area (Å²) in [5, 5.41) is 11.7. The zero-order valence-electron chi connectivity index (χ0n) is 10.5. The van der Waals surface area contributed by atoms with Crippen LogP contribution in [0.15, 0.2) is 36.5 Å². The molecule has 8 heteroatoms. The molecule has 2 aromatic rings. The number of halogens is 3. The number of pyridine rings is 1. The molecule has 0 saturated carbocycles. The van der Waals surface area contributed by atoms with E-state index in [0.29, 0.717) is 0 Å². The maximum Gasteiger partial charge on any atom is 0.433 e. The van der Waals surface area contributed by atoms with Crippen LogP contribution < -0.4 is 11.1 Å². The van der Waals surface area contributed by atoms with Crippen molar-refractivity contribution in [2.24, 2.45) is 0 Å². The number of hydrogen-bond donors (Lipinski definition) is 3. The van der Waals surface area contributed by atoms with E-state index in [-0.39, 0.29) is 22.6 Å². The minimum absolute atomic E-state index is 0.00935. The summed E-state index contributed by atoms with van der Waals surface area (Å²) >= 11 is 0. The van der Waals surface area contributed by atoms with Gasteiger partial charge in [0, 0.05) is 0 Å². The predicted molar refractivity (Wildman–Crippen MR) is 70.3 cm³/mol. The Morgan fingerprint density at radius 1 is 1.24 bits per heavy atom. The summed E-state index contributed by atoms with van der Waals surface area (Å²) in [6.45, 7) is 0. The highest BCUT2D eigenvalue weighted by Gasteiger charge is 2.32. The summed E-state index contributed by atoms with van der Waals surface area (Å²) in [6, 6.07) is 6.31. The summed E-state index contributed by atoms with van der Waals surface area (Å²) in [4.78, 5) is 14.2. The number of carboxylic acid groups (broad SMARTS) is 1. The number of alkyl halides is 3. The normalized spacial score (nSPS) is 11.2. The van der Waals surface area contributed by atoms with Crippen LogP contribution in [-0.2, 0) is 6.18 Å². The van der Waals surface area contributed by atoms with Gasteiger partial charge in [0.1, 0.15) is 5.69 Å². The number of carboxylic acids is 1. The Hall–Kier alpha value is -2.77. The number of benzene rings is 1. The Labute approximate surface area is 117 Å². The van der Waals surface area contributed by atoms with Crippen molar-refractivity contribution < 1.29 is 23.1 Å². The lowest BCUT2D eigenvalue weighted by Gasteiger charge is -2.12. The molecule has 0 atom stereocenters. The molecule has 0 aliphatic carbocycles. The highest BCUT2D eigenvalue weighted by molar-refractivity contribution is 5.97. The molecule has 2 rings (SSSR count). The first-order valence-corrected chi connectivity index (χ1v) is 5.71. The second kappa shape index (κ2) is 5.31. The average molecular weight is 297 g/mol. The van der Waals surface area contributed by atoms with E-state index in [1.165, 1.54) is 24.3 Å². The fourth-order valence-corrected chi connectivity index (χ4v) is 1.65. The molecule has 5 nitrogen and oxygen atoms in total. The van der Waals surface area contributed by atoms with Crippen molar-refractivity contribution in [3.05, 3.63) is 47.8 Å². The maximum absolute atomic E-state index is 12.4. The molecule has 0 radical (unpaired) electrons. The van der Waals surface area contributed by atoms with E-state index in [2.05, 4.69) is 10.3 Å². The van der Waals surface area contributed by atoms with Crippen LogP contribution in [-0.4, -0.2) is 16.1 Å². The summed E-state index contributed by atoms with van der Waals surface area (Å²) in [5.41, 5.74) is 5.10. The van der Waals surface area contributed by atoms with Gasteiger partial charge in [-0.3, -0.25) is 0 Å². The largest absolute Gasteiger partial charge is 0.478 e. The van der Waals surface area contributed by atoms with Crippen LogP contribution in [0.1, 0.15) is 16.1 Å². The number of nitrogens with two attached hydrogens (primary N) is 1. The molecule has 4 N–H and O–H groups in total. The van der Waals surface area contributed by atoms with Crippen molar-refractivity contribution in [2.75, 3.05) is 11.1 Å². The SMILES string of the molecule is Nc1c(Nc2ccc(C(F)(F)F)nc2)cccc1C(=O)O. The topological polar surface area (TPSA) is 88.2 Å². The summed E-state index contributed by atoms with van der Waals surface area (Å²) in [6.07, 6.45) is -3.52. The second-order valence-electron chi connectivity index (χ2n) is 4.13. The number of anilines is 3. The van der Waals surface area contributed by atoms with E-state index in [4.69, 9.17) is 10.8 Å². The average Bonchev–Trinajstić information content (AvgIpc) is 2.40. The van der Waals surface area contributed by atoms with E-state index >= 15 is 0 Å². The molecule has 1 aromatic carbocycles. The number of nitrogen functional groups attached to an aromatic ring is 1. The Morgan fingerprint density at radius 3 is 2.48 bits per heavy atom. The molecule has 1 heterocycles. The molecule has 0 amide bonds. The van der Waals surface area contributed by atoms with Crippen LogP contribution >= 0.6 is 0 Å². The first-order chi connectivity index (χ1) is 9.79. The van der Waals surface area contributed by atoms with Crippen LogP contribution in [0.5, 0.6) is 0 Å². The van der Waals surface area contributed by atoms with Gasteiger partial charge in [0.15, 0.2) is 0 Å². The number of hydrogen-bond acceptors (Lipinski definition) is 4. The molecule has 1 aromatic heterocycles. The molecule has 0 aliphatic heterocycles. The maximum atomic E-state index is 12.4. The summed E-state index contributed by atoms with van der Waals surface area (Å²) < 4.78 is 37.2. The lowest BCUT2D eigenvalue weighted by atomic mass is 10.1. The van der Waals surface area contributed by atoms with E-state index in [1.807, 2.05) is 0 Å². The summed E-state index contributed by atoms with van der Waals surface area (Å²) in [7, 11) is 0. The van der Waals surface area contributed by atoms with Crippen molar-refractivity contribution in [3.8, 4) is 0 Å². The number of para-hydroxylation sites is 1. The zero-order chi connectivity index (χ0) is 15.6. The van der Waals surface area contributed by atoms with Gasteiger partial charge in [-0.1, -0.05) is 6.07 Å². The Balaban J connectivity index is 2.27. The Bertz CT molecular complexity index is 669. The fourth-order valence-electron chi connectivity index (χ4n) is 1.65. The third kappa shape index (κ3) is 3.22. The zero-order valence-corrected chi connectivity index (χ0v) is 10.5. The molecule has 0 unspecified atom stereocenters. The van der Waals surface area contributed by atoms with Gasteiger partial charge in [-0.2, -0.15) is 13.2 Å². The molecule has 0 saturated heterocycles. The van der Waals surface area contributed by atoms with Crippen molar-refractivity contribution in [1.29, 1.82) is 0 Å². The van der Waals surface area contributed by atoms with Gasteiger partial charge in [0.2, 0.25) is 0 Å². The molecule has 110 valence electrons. The molecule has 0 aliphatic rings. The minimum Gasteiger partial charge on any atom is -0.478 e. The molecule has 21 heavy (non-hydrogen) atoms. The van der Waals surface area contributed by atoms with Crippen molar-refractivity contribution in [3.63, 3.8) is 0 Å². The predicted octanol–water partition coefficient (Wildman–Crippen LogP) is 3.12. The van der Waals surface area contributed by atoms with Crippen LogP contribution in [0.25, 0.3) is 0 Å². The van der Waals surface area contributed by atoms with Crippen molar-refractivity contribution >= 4 is 23.0 Å². The standard InChI is InChI=1S/C13H10F3N3O2/c14-13(15,16)10-5-4-7(6-18-10)19-9-3-1-2-8(11(9)17)12(20)21/h1-6,19H,17H2,(H,20,21). The van der Waals surface area contributed by atoms with Crippen molar-refractivity contribution in [1.82, 2.24) is 4.98 Å².